The van der Waals surface area contributed by atoms with Crippen LogP contribution in [0.5, 0.6) is 0 Å². The standard InChI is InChI=1S/C16H21N3O2/c1-2-21-16(20)13-5-6-14-15(11-13)19(12-17-14)10-9-18-7-3-4-8-18/h5-6,11-12H,2-4,7-10H2,1H3. The van der Waals surface area contributed by atoms with Gasteiger partial charge in [-0.25, -0.2) is 9.78 Å². The van der Waals surface area contributed by atoms with Crippen LogP contribution in [0.3, 0.4) is 0 Å². The zero-order chi connectivity index (χ0) is 14.7. The molecule has 5 heteroatoms. The Hall–Kier alpha value is -1.88. The lowest BCUT2D eigenvalue weighted by Gasteiger charge is -2.15. The van der Waals surface area contributed by atoms with E-state index in [0.717, 1.165) is 24.1 Å². The molecule has 3 rings (SSSR count). The van der Waals surface area contributed by atoms with Crippen LogP contribution in [-0.2, 0) is 11.3 Å². The fourth-order valence-electron chi connectivity index (χ4n) is 2.83. The number of hydrogen-bond donors (Lipinski definition) is 0. The molecule has 1 aromatic heterocycles. The second-order valence-corrected chi connectivity index (χ2v) is 5.41. The van der Waals surface area contributed by atoms with Crippen LogP contribution in [0.25, 0.3) is 11.0 Å². The van der Waals surface area contributed by atoms with Gasteiger partial charge < -0.3 is 14.2 Å². The Balaban J connectivity index is 1.78. The molecule has 0 amide bonds. The number of nitrogens with zero attached hydrogens (tertiary/aromatic N) is 3. The molecule has 1 aliphatic rings. The van der Waals surface area contributed by atoms with E-state index in [9.17, 15) is 4.79 Å². The normalized spacial score (nSPS) is 15.7. The average Bonchev–Trinajstić information content (AvgIpc) is 3.14. The first-order valence-electron chi connectivity index (χ1n) is 7.62. The lowest BCUT2D eigenvalue weighted by Crippen LogP contribution is -2.23. The van der Waals surface area contributed by atoms with Crippen molar-refractivity contribution in [3.8, 4) is 0 Å². The highest BCUT2D eigenvalue weighted by Crippen LogP contribution is 2.16. The predicted octanol–water partition coefficient (Wildman–Crippen LogP) is 2.31. The minimum absolute atomic E-state index is 0.272. The SMILES string of the molecule is CCOC(=O)c1ccc2ncn(CCN3CCCC3)c2c1. The maximum Gasteiger partial charge on any atom is 0.338 e. The van der Waals surface area contributed by atoms with Crippen molar-refractivity contribution in [2.45, 2.75) is 26.3 Å². The number of likely N-dealkylation sites (tertiary alicyclic amines) is 1. The number of carbonyl (C=O) groups is 1. The van der Waals surface area contributed by atoms with Crippen molar-refractivity contribution in [1.82, 2.24) is 14.5 Å². The molecule has 0 saturated carbocycles. The van der Waals surface area contributed by atoms with Gasteiger partial charge in [-0.2, -0.15) is 0 Å². The molecule has 0 N–H and O–H groups in total. The number of carbonyl (C=O) groups excluding carboxylic acids is 1. The van der Waals surface area contributed by atoms with Gasteiger partial charge >= 0.3 is 5.97 Å². The lowest BCUT2D eigenvalue weighted by molar-refractivity contribution is 0.0526. The molecule has 112 valence electrons. The van der Waals surface area contributed by atoms with Gasteiger partial charge in [0.15, 0.2) is 0 Å². The van der Waals surface area contributed by atoms with E-state index in [1.54, 1.807) is 6.07 Å². The number of aromatic nitrogens is 2. The molecular weight excluding hydrogens is 266 g/mol. The van der Waals surface area contributed by atoms with E-state index in [-0.39, 0.29) is 5.97 Å². The summed E-state index contributed by atoms with van der Waals surface area (Å²) in [7, 11) is 0. The molecule has 0 radical (unpaired) electrons. The molecule has 2 aromatic rings. The maximum atomic E-state index is 11.8. The van der Waals surface area contributed by atoms with Crippen LogP contribution in [0, 0.1) is 0 Å². The molecule has 1 saturated heterocycles. The quantitative estimate of drug-likeness (QED) is 0.792. The van der Waals surface area contributed by atoms with Crippen LogP contribution in [-0.4, -0.2) is 46.7 Å². The lowest BCUT2D eigenvalue weighted by atomic mass is 10.2. The van der Waals surface area contributed by atoms with Gasteiger partial charge in [-0.1, -0.05) is 0 Å². The van der Waals surface area contributed by atoms with Gasteiger partial charge in [0.25, 0.3) is 0 Å². The number of benzene rings is 1. The number of rotatable bonds is 5. The minimum Gasteiger partial charge on any atom is -0.462 e. The largest absolute Gasteiger partial charge is 0.462 e. The summed E-state index contributed by atoms with van der Waals surface area (Å²) in [6.45, 7) is 6.54. The summed E-state index contributed by atoms with van der Waals surface area (Å²) >= 11 is 0. The summed E-state index contributed by atoms with van der Waals surface area (Å²) in [5, 5.41) is 0. The van der Waals surface area contributed by atoms with Crippen molar-refractivity contribution in [1.29, 1.82) is 0 Å². The topological polar surface area (TPSA) is 47.4 Å². The first kappa shape index (κ1) is 14.1. The van der Waals surface area contributed by atoms with E-state index in [0.29, 0.717) is 12.2 Å². The Morgan fingerprint density at radius 2 is 2.10 bits per heavy atom. The number of esters is 1. The molecule has 0 aliphatic carbocycles. The molecular formula is C16H21N3O2. The van der Waals surface area contributed by atoms with E-state index in [1.165, 1.54) is 25.9 Å². The Morgan fingerprint density at radius 1 is 1.29 bits per heavy atom. The van der Waals surface area contributed by atoms with E-state index < -0.39 is 0 Å². The highest BCUT2D eigenvalue weighted by Gasteiger charge is 2.13. The van der Waals surface area contributed by atoms with Crippen LogP contribution in [0.1, 0.15) is 30.1 Å². The van der Waals surface area contributed by atoms with Crippen molar-refractivity contribution in [2.24, 2.45) is 0 Å². The average molecular weight is 287 g/mol. The number of fused-ring (bicyclic) bond motifs is 1. The summed E-state index contributed by atoms with van der Waals surface area (Å²) in [5.74, 6) is -0.272. The second-order valence-electron chi connectivity index (χ2n) is 5.41. The fourth-order valence-corrected chi connectivity index (χ4v) is 2.83. The molecule has 1 aliphatic heterocycles. The molecule has 5 nitrogen and oxygen atoms in total. The summed E-state index contributed by atoms with van der Waals surface area (Å²) in [5.41, 5.74) is 2.51. The molecule has 21 heavy (non-hydrogen) atoms. The summed E-state index contributed by atoms with van der Waals surface area (Å²) < 4.78 is 7.18. The van der Waals surface area contributed by atoms with Crippen LogP contribution in [0.15, 0.2) is 24.5 Å². The summed E-state index contributed by atoms with van der Waals surface area (Å²) in [4.78, 5) is 18.7. The third kappa shape index (κ3) is 3.08. The monoisotopic (exact) mass is 287 g/mol. The van der Waals surface area contributed by atoms with E-state index in [4.69, 9.17) is 4.74 Å². The molecule has 0 unspecified atom stereocenters. The molecule has 1 aromatic carbocycles. The molecule has 2 heterocycles. The number of imidazole rings is 1. The first-order chi connectivity index (χ1) is 10.3. The van der Waals surface area contributed by atoms with Gasteiger partial charge in [0.2, 0.25) is 0 Å². The maximum absolute atomic E-state index is 11.8. The van der Waals surface area contributed by atoms with Crippen LogP contribution < -0.4 is 0 Å². The number of hydrogen-bond acceptors (Lipinski definition) is 4. The van der Waals surface area contributed by atoms with Crippen LogP contribution in [0.4, 0.5) is 0 Å². The summed E-state index contributed by atoms with van der Waals surface area (Å²) in [6.07, 6.45) is 4.46. The van der Waals surface area contributed by atoms with Crippen molar-refractivity contribution in [3.63, 3.8) is 0 Å². The summed E-state index contributed by atoms with van der Waals surface area (Å²) in [6, 6.07) is 5.54. The Kier molecular flexibility index (Phi) is 4.20. The van der Waals surface area contributed by atoms with E-state index in [1.807, 2.05) is 25.4 Å². The van der Waals surface area contributed by atoms with Gasteiger partial charge in [0.05, 0.1) is 29.5 Å². The molecule has 0 spiro atoms. The van der Waals surface area contributed by atoms with Crippen LogP contribution >= 0.6 is 0 Å². The van der Waals surface area contributed by atoms with Gasteiger partial charge in [-0.15, -0.1) is 0 Å². The van der Waals surface area contributed by atoms with Gasteiger partial charge in [-0.3, -0.25) is 0 Å². The zero-order valence-corrected chi connectivity index (χ0v) is 12.4. The van der Waals surface area contributed by atoms with Crippen molar-refractivity contribution in [2.75, 3.05) is 26.2 Å². The van der Waals surface area contributed by atoms with Gasteiger partial charge in [0.1, 0.15) is 0 Å². The molecule has 0 atom stereocenters. The zero-order valence-electron chi connectivity index (χ0n) is 12.4. The Labute approximate surface area is 124 Å². The Bertz CT molecular complexity index is 629. The molecule has 1 fully saturated rings. The van der Waals surface area contributed by atoms with Crippen LogP contribution in [0.2, 0.25) is 0 Å². The van der Waals surface area contributed by atoms with Crippen molar-refractivity contribution >= 4 is 17.0 Å². The fraction of sp³-hybridized carbons (Fsp3) is 0.500. The van der Waals surface area contributed by atoms with E-state index in [2.05, 4.69) is 14.5 Å². The van der Waals surface area contributed by atoms with Gasteiger partial charge in [0, 0.05) is 13.1 Å². The first-order valence-corrected chi connectivity index (χ1v) is 7.62. The van der Waals surface area contributed by atoms with Crippen molar-refractivity contribution < 1.29 is 9.53 Å². The number of ether oxygens (including phenoxy) is 1. The van der Waals surface area contributed by atoms with Gasteiger partial charge in [-0.05, 0) is 51.1 Å². The smallest absolute Gasteiger partial charge is 0.338 e. The predicted molar refractivity (Wildman–Crippen MR) is 81.4 cm³/mol. The highest BCUT2D eigenvalue weighted by molar-refractivity contribution is 5.93. The van der Waals surface area contributed by atoms with Crippen molar-refractivity contribution in [3.05, 3.63) is 30.1 Å². The highest BCUT2D eigenvalue weighted by atomic mass is 16.5. The minimum atomic E-state index is -0.272. The molecule has 0 bridgehead atoms. The second kappa shape index (κ2) is 6.26. The Morgan fingerprint density at radius 3 is 2.86 bits per heavy atom. The third-order valence-corrected chi connectivity index (χ3v) is 3.99. The third-order valence-electron chi connectivity index (χ3n) is 3.99. The van der Waals surface area contributed by atoms with E-state index >= 15 is 0 Å².